The van der Waals surface area contributed by atoms with Crippen LogP contribution in [0.5, 0.6) is 0 Å². The van der Waals surface area contributed by atoms with Gasteiger partial charge >= 0.3 is 0 Å². The van der Waals surface area contributed by atoms with Crippen molar-refractivity contribution in [3.05, 3.63) is 112 Å². The van der Waals surface area contributed by atoms with E-state index in [9.17, 15) is 18.1 Å². The first-order valence-electron chi connectivity index (χ1n) is 14.1. The maximum atomic E-state index is 14.0. The number of nitrogens with zero attached hydrogens (tertiary/aromatic N) is 3. The van der Waals surface area contributed by atoms with Crippen LogP contribution in [-0.4, -0.2) is 44.3 Å². The zero-order valence-corrected chi connectivity index (χ0v) is 25.7. The lowest BCUT2D eigenvalue weighted by molar-refractivity contribution is 0.260. The molecule has 4 N–H and O–H groups in total. The number of pyridine rings is 1. The topological polar surface area (TPSA) is 122 Å². The SMILES string of the molecule is B[C@@](Nc1cc(Cl)c2ncc(C#N)c(N[C@H](CS(C)(=O)=O)c3ccccc3)c2c1)(C1=CN(C2CC2)NN1)c1ccc(F)cc1. The number of hydrogen-bond acceptors (Lipinski definition) is 9. The molecule has 0 unspecified atom stereocenters. The summed E-state index contributed by atoms with van der Waals surface area (Å²) in [6.07, 6.45) is 6.80. The third kappa shape index (κ3) is 6.17. The molecule has 1 saturated carbocycles. The molecule has 2 atom stereocenters. The average molecular weight is 630 g/mol. The number of halogens is 2. The Labute approximate surface area is 261 Å². The number of fused-ring (bicyclic) bond motifs is 1. The van der Waals surface area contributed by atoms with Gasteiger partial charge in [0.15, 0.2) is 0 Å². The molecule has 0 amide bonds. The van der Waals surface area contributed by atoms with Crippen LogP contribution in [0.25, 0.3) is 10.9 Å². The van der Waals surface area contributed by atoms with Gasteiger partial charge in [-0.3, -0.25) is 9.99 Å². The highest BCUT2D eigenvalue weighted by Crippen LogP contribution is 2.39. The Morgan fingerprint density at radius 3 is 2.59 bits per heavy atom. The van der Waals surface area contributed by atoms with Gasteiger partial charge in [0.2, 0.25) is 0 Å². The number of anilines is 2. The van der Waals surface area contributed by atoms with Crippen molar-refractivity contribution in [3.63, 3.8) is 0 Å². The molecule has 0 spiro atoms. The predicted octanol–water partition coefficient (Wildman–Crippen LogP) is 4.32. The molecule has 0 bridgehead atoms. The van der Waals surface area contributed by atoms with E-state index >= 15 is 0 Å². The standard InChI is InChI=1S/C31H30BClFN7O2S/c1-44(42,43)18-27(19-5-3-2-4-6-19)37-29-20(15-35)16-36-30-25(29)13-23(14-26(30)33)38-31(32,21-7-9-22(34)10-8-21)28-17-41(40-39-28)24-11-12-24/h2-10,13-14,16-17,24,27,38-40H,11-12,18,32H2,1H3,(H,36,37)/t27-,31+/m1/s1. The molecule has 1 fully saturated rings. The molecule has 1 aromatic heterocycles. The minimum absolute atomic E-state index is 0.190. The van der Waals surface area contributed by atoms with E-state index in [0.717, 1.165) is 29.7 Å². The van der Waals surface area contributed by atoms with Gasteiger partial charge in [-0.1, -0.05) is 54.1 Å². The predicted molar refractivity (Wildman–Crippen MR) is 173 cm³/mol. The minimum Gasteiger partial charge on any atom is -0.378 e. The quantitative estimate of drug-likeness (QED) is 0.190. The van der Waals surface area contributed by atoms with E-state index in [4.69, 9.17) is 11.6 Å². The van der Waals surface area contributed by atoms with Gasteiger partial charge in [0.05, 0.1) is 44.7 Å². The summed E-state index contributed by atoms with van der Waals surface area (Å²) in [7, 11) is -1.42. The molecule has 13 heteroatoms. The number of sulfone groups is 1. The van der Waals surface area contributed by atoms with Crippen molar-refractivity contribution >= 4 is 51.6 Å². The van der Waals surface area contributed by atoms with Crippen molar-refractivity contribution in [1.82, 2.24) is 21.0 Å². The molecule has 0 saturated heterocycles. The second-order valence-electron chi connectivity index (χ2n) is 11.4. The number of hydrogen-bond donors (Lipinski definition) is 4. The van der Waals surface area contributed by atoms with E-state index in [1.54, 1.807) is 18.2 Å². The normalized spacial score (nSPS) is 16.9. The van der Waals surface area contributed by atoms with E-state index in [2.05, 4.69) is 32.6 Å². The Kier molecular flexibility index (Phi) is 7.88. The van der Waals surface area contributed by atoms with Crippen LogP contribution in [0.15, 0.2) is 84.8 Å². The molecule has 4 aromatic rings. The van der Waals surface area contributed by atoms with Crippen LogP contribution in [-0.2, 0) is 15.3 Å². The fourth-order valence-electron chi connectivity index (χ4n) is 5.45. The Morgan fingerprint density at radius 2 is 1.93 bits per heavy atom. The fourth-order valence-corrected chi connectivity index (χ4v) is 6.60. The van der Waals surface area contributed by atoms with Gasteiger partial charge in [0.25, 0.3) is 0 Å². The lowest BCUT2D eigenvalue weighted by atomic mass is 9.69. The first-order chi connectivity index (χ1) is 21.0. The number of rotatable bonds is 10. The van der Waals surface area contributed by atoms with Crippen molar-refractivity contribution in [1.29, 1.82) is 5.26 Å². The zero-order valence-electron chi connectivity index (χ0n) is 24.1. The molecule has 6 rings (SSSR count). The van der Waals surface area contributed by atoms with E-state index in [1.165, 1.54) is 24.6 Å². The van der Waals surface area contributed by atoms with Crippen molar-refractivity contribution in [2.45, 2.75) is 30.4 Å². The third-order valence-corrected chi connectivity index (χ3v) is 9.14. The van der Waals surface area contributed by atoms with E-state index in [-0.39, 0.29) is 17.1 Å². The van der Waals surface area contributed by atoms with Gasteiger partial charge in [0.1, 0.15) is 29.6 Å². The van der Waals surface area contributed by atoms with Gasteiger partial charge in [-0.2, -0.15) is 5.26 Å². The Bertz CT molecular complexity index is 1900. The highest BCUT2D eigenvalue weighted by molar-refractivity contribution is 7.90. The first-order valence-corrected chi connectivity index (χ1v) is 16.6. The lowest BCUT2D eigenvalue weighted by Crippen LogP contribution is -2.45. The lowest BCUT2D eigenvalue weighted by Gasteiger charge is -2.34. The van der Waals surface area contributed by atoms with E-state index in [0.29, 0.717) is 33.3 Å². The summed E-state index contributed by atoms with van der Waals surface area (Å²) < 4.78 is 38.9. The van der Waals surface area contributed by atoms with Gasteiger partial charge in [0, 0.05) is 35.8 Å². The zero-order chi connectivity index (χ0) is 31.1. The number of hydrazine groups is 2. The second kappa shape index (κ2) is 11.7. The molecular formula is C31H30BClFN7O2S. The highest BCUT2D eigenvalue weighted by Gasteiger charge is 2.38. The van der Waals surface area contributed by atoms with Crippen LogP contribution in [0.1, 0.15) is 35.6 Å². The van der Waals surface area contributed by atoms with E-state index < -0.39 is 21.3 Å². The van der Waals surface area contributed by atoms with Crippen LogP contribution >= 0.6 is 11.6 Å². The summed E-state index contributed by atoms with van der Waals surface area (Å²) >= 11 is 6.81. The van der Waals surface area contributed by atoms with Gasteiger partial charge < -0.3 is 16.1 Å². The molecule has 3 aromatic carbocycles. The van der Waals surface area contributed by atoms with Gasteiger partial charge in [-0.15, -0.1) is 5.53 Å². The van der Waals surface area contributed by atoms with E-state index in [1.807, 2.05) is 55.5 Å². The molecule has 0 radical (unpaired) electrons. The minimum atomic E-state index is -3.40. The fraction of sp³-hybridized carbons (Fsp3) is 0.226. The molecule has 2 heterocycles. The monoisotopic (exact) mass is 629 g/mol. The highest BCUT2D eigenvalue weighted by atomic mass is 35.5. The third-order valence-electron chi connectivity index (χ3n) is 7.92. The number of nitriles is 1. The summed E-state index contributed by atoms with van der Waals surface area (Å²) in [5.74, 6) is -0.534. The average Bonchev–Trinajstić information content (AvgIpc) is 3.72. The Balaban J connectivity index is 1.46. The van der Waals surface area contributed by atoms with Crippen LogP contribution in [0.2, 0.25) is 5.02 Å². The van der Waals surface area contributed by atoms with Crippen molar-refractivity contribution in [2.75, 3.05) is 22.6 Å². The van der Waals surface area contributed by atoms with Crippen LogP contribution in [0.4, 0.5) is 15.8 Å². The number of aromatic nitrogens is 1. The van der Waals surface area contributed by atoms with Gasteiger partial charge in [-0.25, -0.2) is 12.8 Å². The van der Waals surface area contributed by atoms with Crippen LogP contribution in [0.3, 0.4) is 0 Å². The molecule has 224 valence electrons. The maximum absolute atomic E-state index is 14.0. The second-order valence-corrected chi connectivity index (χ2v) is 14.0. The first kappa shape index (κ1) is 29.8. The largest absolute Gasteiger partial charge is 0.378 e. The molecular weight excluding hydrogens is 600 g/mol. The molecule has 44 heavy (non-hydrogen) atoms. The van der Waals surface area contributed by atoms with Crippen molar-refractivity contribution in [3.8, 4) is 6.07 Å². The number of benzene rings is 3. The summed E-state index contributed by atoms with van der Waals surface area (Å²) in [6.45, 7) is 0. The Hall–Kier alpha value is -4.31. The van der Waals surface area contributed by atoms with Crippen LogP contribution in [0, 0.1) is 17.1 Å². The molecule has 1 aliphatic carbocycles. The molecule has 9 nitrogen and oxygen atoms in total. The summed E-state index contributed by atoms with van der Waals surface area (Å²) in [6, 6.07) is 21.0. The van der Waals surface area contributed by atoms with Crippen molar-refractivity contribution < 1.29 is 12.8 Å². The Morgan fingerprint density at radius 1 is 1.20 bits per heavy atom. The summed E-state index contributed by atoms with van der Waals surface area (Å²) in [5, 5.41) is 19.9. The molecule has 1 aliphatic heterocycles. The maximum Gasteiger partial charge on any atom is 0.149 e. The summed E-state index contributed by atoms with van der Waals surface area (Å²) in [4.78, 5) is 4.46. The molecule has 2 aliphatic rings. The summed E-state index contributed by atoms with van der Waals surface area (Å²) in [5.41, 5.74) is 9.71. The van der Waals surface area contributed by atoms with Gasteiger partial charge in [-0.05, 0) is 48.2 Å². The number of nitrogens with one attached hydrogen (secondary N) is 4. The van der Waals surface area contributed by atoms with Crippen molar-refractivity contribution in [2.24, 2.45) is 0 Å². The van der Waals surface area contributed by atoms with Crippen LogP contribution < -0.4 is 21.6 Å². The smallest absolute Gasteiger partial charge is 0.149 e.